The van der Waals surface area contributed by atoms with Crippen molar-refractivity contribution in [3.63, 3.8) is 0 Å². The van der Waals surface area contributed by atoms with Crippen molar-refractivity contribution in [3.05, 3.63) is 28.4 Å². The van der Waals surface area contributed by atoms with Crippen LogP contribution < -0.4 is 10.9 Å². The van der Waals surface area contributed by atoms with Gasteiger partial charge in [0.2, 0.25) is 0 Å². The van der Waals surface area contributed by atoms with Gasteiger partial charge in [-0.25, -0.2) is 9.78 Å². The number of likely N-dealkylation sites (tertiary alicyclic amines) is 1. The molecular formula is C20H32N4O2. The summed E-state index contributed by atoms with van der Waals surface area (Å²) < 4.78 is 1.72. The van der Waals surface area contributed by atoms with Crippen molar-refractivity contribution < 1.29 is 4.79 Å². The lowest BCUT2D eigenvalue weighted by Gasteiger charge is -2.33. The third-order valence-electron chi connectivity index (χ3n) is 5.69. The summed E-state index contributed by atoms with van der Waals surface area (Å²) in [6.45, 7) is 8.41. The molecule has 2 amide bonds. The van der Waals surface area contributed by atoms with E-state index in [0.29, 0.717) is 18.5 Å². The maximum Gasteiger partial charge on any atom is 0.317 e. The molecule has 26 heavy (non-hydrogen) atoms. The van der Waals surface area contributed by atoms with Crippen LogP contribution in [0.4, 0.5) is 4.79 Å². The molecule has 1 saturated heterocycles. The maximum atomic E-state index is 12.4. The topological polar surface area (TPSA) is 67.2 Å². The second kappa shape index (κ2) is 7.80. The predicted octanol–water partition coefficient (Wildman–Crippen LogP) is 2.91. The minimum absolute atomic E-state index is 0.0198. The summed E-state index contributed by atoms with van der Waals surface area (Å²) in [5, 5.41) is 3.16. The standard InChI is InChI=1S/C20H32N4O2/c1-20(2,3)17-12-18(25)24(14-21-17)13-15-8-10-23(11-9-15)19(26)22-16-6-4-5-7-16/h12,14-16H,4-11,13H2,1-3H3,(H,22,26). The molecule has 144 valence electrons. The first-order chi connectivity index (χ1) is 12.3. The van der Waals surface area contributed by atoms with Gasteiger partial charge in [-0.2, -0.15) is 0 Å². The maximum absolute atomic E-state index is 12.4. The van der Waals surface area contributed by atoms with E-state index in [9.17, 15) is 9.59 Å². The predicted molar refractivity (Wildman–Crippen MR) is 102 cm³/mol. The summed E-state index contributed by atoms with van der Waals surface area (Å²) in [7, 11) is 0. The highest BCUT2D eigenvalue weighted by molar-refractivity contribution is 5.74. The van der Waals surface area contributed by atoms with Crippen LogP contribution >= 0.6 is 0 Å². The Hall–Kier alpha value is -1.85. The Morgan fingerprint density at radius 1 is 1.19 bits per heavy atom. The molecule has 2 fully saturated rings. The van der Waals surface area contributed by atoms with E-state index < -0.39 is 0 Å². The lowest BCUT2D eigenvalue weighted by molar-refractivity contribution is 0.162. The number of carbonyl (C=O) groups excluding carboxylic acids is 1. The molecule has 0 unspecified atom stereocenters. The van der Waals surface area contributed by atoms with E-state index in [1.54, 1.807) is 17.0 Å². The molecule has 1 saturated carbocycles. The average molecular weight is 361 g/mol. The highest BCUT2D eigenvalue weighted by Gasteiger charge is 2.26. The highest BCUT2D eigenvalue weighted by atomic mass is 16.2. The van der Waals surface area contributed by atoms with Gasteiger partial charge in [0, 0.05) is 37.2 Å². The largest absolute Gasteiger partial charge is 0.335 e. The Morgan fingerprint density at radius 3 is 2.42 bits per heavy atom. The molecular weight excluding hydrogens is 328 g/mol. The van der Waals surface area contributed by atoms with Crippen LogP contribution in [0.1, 0.15) is 65.0 Å². The number of urea groups is 1. The molecule has 1 aliphatic carbocycles. The Labute approximate surface area is 156 Å². The van der Waals surface area contributed by atoms with Crippen LogP contribution in [0.3, 0.4) is 0 Å². The first kappa shape index (κ1) is 18.9. The lowest BCUT2D eigenvalue weighted by Crippen LogP contribution is -2.47. The zero-order chi connectivity index (χ0) is 18.7. The van der Waals surface area contributed by atoms with E-state index in [4.69, 9.17) is 0 Å². The summed E-state index contributed by atoms with van der Waals surface area (Å²) in [4.78, 5) is 31.1. The van der Waals surface area contributed by atoms with Crippen molar-refractivity contribution in [2.75, 3.05) is 13.1 Å². The second-order valence-electron chi connectivity index (χ2n) is 8.88. The molecule has 0 atom stereocenters. The highest BCUT2D eigenvalue weighted by Crippen LogP contribution is 2.22. The molecule has 0 aromatic carbocycles. The summed E-state index contributed by atoms with van der Waals surface area (Å²) in [6.07, 6.45) is 8.23. The van der Waals surface area contributed by atoms with Crippen LogP contribution in [-0.4, -0.2) is 39.6 Å². The lowest BCUT2D eigenvalue weighted by atomic mass is 9.92. The van der Waals surface area contributed by atoms with E-state index in [1.807, 2.05) is 4.90 Å². The Balaban J connectivity index is 1.51. The van der Waals surface area contributed by atoms with Crippen LogP contribution in [-0.2, 0) is 12.0 Å². The van der Waals surface area contributed by atoms with E-state index in [0.717, 1.165) is 44.5 Å². The van der Waals surface area contributed by atoms with Crippen molar-refractivity contribution in [2.24, 2.45) is 5.92 Å². The quantitative estimate of drug-likeness (QED) is 0.901. The number of amides is 2. The number of nitrogens with zero attached hydrogens (tertiary/aromatic N) is 3. The van der Waals surface area contributed by atoms with E-state index >= 15 is 0 Å². The number of rotatable bonds is 3. The second-order valence-corrected chi connectivity index (χ2v) is 8.88. The zero-order valence-corrected chi connectivity index (χ0v) is 16.3. The molecule has 0 bridgehead atoms. The van der Waals surface area contributed by atoms with Crippen molar-refractivity contribution >= 4 is 6.03 Å². The number of aromatic nitrogens is 2. The third-order valence-corrected chi connectivity index (χ3v) is 5.69. The molecule has 1 aliphatic heterocycles. The van der Waals surface area contributed by atoms with Gasteiger partial charge in [0.05, 0.1) is 12.0 Å². The fourth-order valence-corrected chi connectivity index (χ4v) is 3.91. The van der Waals surface area contributed by atoms with Crippen LogP contribution in [0, 0.1) is 5.92 Å². The van der Waals surface area contributed by atoms with Gasteiger partial charge in [-0.15, -0.1) is 0 Å². The summed E-state index contributed by atoms with van der Waals surface area (Å²) in [5.74, 6) is 0.422. The first-order valence-corrected chi connectivity index (χ1v) is 9.95. The monoisotopic (exact) mass is 360 g/mol. The minimum Gasteiger partial charge on any atom is -0.335 e. The molecule has 6 heteroatoms. The average Bonchev–Trinajstić information content (AvgIpc) is 3.09. The molecule has 1 aromatic heterocycles. The van der Waals surface area contributed by atoms with Crippen LogP contribution in [0.25, 0.3) is 0 Å². The van der Waals surface area contributed by atoms with Gasteiger partial charge in [-0.1, -0.05) is 33.6 Å². The van der Waals surface area contributed by atoms with E-state index in [1.165, 1.54) is 12.8 Å². The minimum atomic E-state index is -0.115. The van der Waals surface area contributed by atoms with Gasteiger partial charge >= 0.3 is 6.03 Å². The Kier molecular flexibility index (Phi) is 5.68. The molecule has 0 radical (unpaired) electrons. The SMILES string of the molecule is CC(C)(C)c1cc(=O)n(CC2CCN(C(=O)NC3CCCC3)CC2)cn1. The summed E-state index contributed by atoms with van der Waals surface area (Å²) in [6, 6.07) is 2.11. The Bertz CT molecular complexity index is 678. The van der Waals surface area contributed by atoms with E-state index in [2.05, 4.69) is 31.1 Å². The Morgan fingerprint density at radius 2 is 1.85 bits per heavy atom. The van der Waals surface area contributed by atoms with Gasteiger partial charge in [0.15, 0.2) is 0 Å². The number of nitrogens with one attached hydrogen (secondary N) is 1. The molecule has 1 aromatic rings. The molecule has 6 nitrogen and oxygen atoms in total. The first-order valence-electron chi connectivity index (χ1n) is 9.95. The van der Waals surface area contributed by atoms with Crippen LogP contribution in [0.5, 0.6) is 0 Å². The smallest absolute Gasteiger partial charge is 0.317 e. The zero-order valence-electron chi connectivity index (χ0n) is 16.3. The molecule has 3 rings (SSSR count). The number of hydrogen-bond donors (Lipinski definition) is 1. The van der Waals surface area contributed by atoms with Gasteiger partial charge < -0.3 is 10.2 Å². The van der Waals surface area contributed by atoms with Gasteiger partial charge in [-0.05, 0) is 31.6 Å². The molecule has 1 N–H and O–H groups in total. The number of piperidine rings is 1. The van der Waals surface area contributed by atoms with Gasteiger partial charge in [-0.3, -0.25) is 9.36 Å². The van der Waals surface area contributed by atoms with Crippen molar-refractivity contribution in [2.45, 2.75) is 77.3 Å². The summed E-state index contributed by atoms with van der Waals surface area (Å²) in [5.41, 5.74) is 0.736. The third kappa shape index (κ3) is 4.65. The van der Waals surface area contributed by atoms with Crippen molar-refractivity contribution in [1.82, 2.24) is 19.8 Å². The van der Waals surface area contributed by atoms with E-state index in [-0.39, 0.29) is 17.0 Å². The molecule has 2 heterocycles. The van der Waals surface area contributed by atoms with Crippen LogP contribution in [0.2, 0.25) is 0 Å². The normalized spacial score (nSPS) is 19.7. The van der Waals surface area contributed by atoms with Gasteiger partial charge in [0.1, 0.15) is 0 Å². The summed E-state index contributed by atoms with van der Waals surface area (Å²) >= 11 is 0. The molecule has 0 spiro atoms. The molecule has 2 aliphatic rings. The van der Waals surface area contributed by atoms with Crippen molar-refractivity contribution in [1.29, 1.82) is 0 Å². The number of hydrogen-bond acceptors (Lipinski definition) is 3. The van der Waals surface area contributed by atoms with Crippen LogP contribution in [0.15, 0.2) is 17.2 Å². The van der Waals surface area contributed by atoms with Gasteiger partial charge in [0.25, 0.3) is 5.56 Å². The fourth-order valence-electron chi connectivity index (χ4n) is 3.91. The number of carbonyl (C=O) groups is 1. The van der Waals surface area contributed by atoms with Crippen molar-refractivity contribution in [3.8, 4) is 0 Å². The fraction of sp³-hybridized carbons (Fsp3) is 0.750.